The van der Waals surface area contributed by atoms with Gasteiger partial charge in [0.05, 0.1) is 15.8 Å². The summed E-state index contributed by atoms with van der Waals surface area (Å²) in [6.07, 6.45) is 4.26. The minimum atomic E-state index is -0.0542. The molecule has 4 aromatic heterocycles. The summed E-state index contributed by atoms with van der Waals surface area (Å²) in [5.41, 5.74) is 8.43. The highest BCUT2D eigenvalue weighted by Crippen LogP contribution is 2.47. The maximum absolute atomic E-state index is 12.3. The number of halogens is 1. The van der Waals surface area contributed by atoms with Crippen molar-refractivity contribution in [3.8, 4) is 0 Å². The Kier molecular flexibility index (Phi) is 4.50. The Hall–Kier alpha value is -2.62. The third-order valence-corrected chi connectivity index (χ3v) is 7.88. The average molecular weight is 468 g/mol. The summed E-state index contributed by atoms with van der Waals surface area (Å²) in [6.45, 7) is 3.84. The van der Waals surface area contributed by atoms with Crippen LogP contribution in [0, 0.1) is 11.8 Å². The van der Waals surface area contributed by atoms with Gasteiger partial charge in [0, 0.05) is 55.2 Å². The third-order valence-electron chi connectivity index (χ3n) is 6.64. The molecule has 2 atom stereocenters. The Balaban J connectivity index is 1.43. The maximum atomic E-state index is 12.3. The first kappa shape index (κ1) is 20.0. The van der Waals surface area contributed by atoms with Gasteiger partial charge in [-0.2, -0.15) is 0 Å². The number of fused-ring (bicyclic) bond motifs is 3. The minimum Gasteiger partial charge on any atom is -0.355 e. The zero-order chi connectivity index (χ0) is 22.1. The van der Waals surface area contributed by atoms with E-state index in [2.05, 4.69) is 21.8 Å². The first-order chi connectivity index (χ1) is 15.4. The summed E-state index contributed by atoms with van der Waals surface area (Å²) in [4.78, 5) is 32.9. The van der Waals surface area contributed by atoms with Gasteiger partial charge in [-0.15, -0.1) is 0 Å². The van der Waals surface area contributed by atoms with Crippen LogP contribution in [0.25, 0.3) is 22.1 Å². The van der Waals surface area contributed by atoms with E-state index in [4.69, 9.17) is 27.3 Å². The number of H-pyrrole nitrogens is 1. The molecule has 8 nitrogen and oxygen atoms in total. The summed E-state index contributed by atoms with van der Waals surface area (Å²) >= 11 is 8.10. The van der Waals surface area contributed by atoms with Gasteiger partial charge < -0.3 is 20.2 Å². The molecule has 6 rings (SSSR count). The van der Waals surface area contributed by atoms with E-state index in [1.54, 1.807) is 18.5 Å². The number of aromatic nitrogens is 5. The van der Waals surface area contributed by atoms with Crippen molar-refractivity contribution in [2.75, 3.05) is 18.0 Å². The van der Waals surface area contributed by atoms with Crippen LogP contribution >= 0.6 is 23.4 Å². The summed E-state index contributed by atoms with van der Waals surface area (Å²) < 4.78 is 1.84. The van der Waals surface area contributed by atoms with Crippen LogP contribution in [0.3, 0.4) is 0 Å². The fraction of sp³-hybridized carbons (Fsp3) is 0.364. The van der Waals surface area contributed by atoms with E-state index in [1.165, 1.54) is 11.8 Å². The quantitative estimate of drug-likeness (QED) is 0.444. The molecule has 2 aliphatic rings. The van der Waals surface area contributed by atoms with E-state index < -0.39 is 0 Å². The number of hydrogen-bond acceptors (Lipinski definition) is 7. The molecule has 0 aromatic carbocycles. The van der Waals surface area contributed by atoms with Crippen LogP contribution in [0.2, 0.25) is 5.02 Å². The van der Waals surface area contributed by atoms with Crippen LogP contribution in [-0.4, -0.2) is 43.6 Å². The number of rotatable bonds is 4. The van der Waals surface area contributed by atoms with Crippen molar-refractivity contribution in [1.82, 2.24) is 24.5 Å². The largest absolute Gasteiger partial charge is 0.355 e. The van der Waals surface area contributed by atoms with Crippen molar-refractivity contribution in [1.29, 1.82) is 0 Å². The highest BCUT2D eigenvalue weighted by molar-refractivity contribution is 7.99. The molecule has 2 unspecified atom stereocenters. The van der Waals surface area contributed by atoms with Crippen LogP contribution < -0.4 is 16.1 Å². The van der Waals surface area contributed by atoms with Crippen molar-refractivity contribution in [3.63, 3.8) is 0 Å². The first-order valence-electron chi connectivity index (χ1n) is 10.7. The SMILES string of the molecule is CCc1[nH]c2nc(Sc3cnc4c(c3)c(=O)ccn4C)nc(N3CC4C(N)C4C3)c2c1Cl. The second-order valence-corrected chi connectivity index (χ2v) is 9.99. The van der Waals surface area contributed by atoms with Gasteiger partial charge in [0.15, 0.2) is 10.6 Å². The fourth-order valence-electron chi connectivity index (χ4n) is 4.74. The summed E-state index contributed by atoms with van der Waals surface area (Å²) in [7, 11) is 1.87. The Morgan fingerprint density at radius 2 is 2.09 bits per heavy atom. The molecule has 1 saturated carbocycles. The lowest BCUT2D eigenvalue weighted by Crippen LogP contribution is -2.29. The monoisotopic (exact) mass is 467 g/mol. The van der Waals surface area contributed by atoms with E-state index in [0.717, 1.165) is 47.0 Å². The van der Waals surface area contributed by atoms with Crippen LogP contribution in [-0.2, 0) is 13.5 Å². The standard InChI is InChI=1S/C22H22ClN7OS/c1-3-14-17(23)16-19(26-14)27-22(28-21(16)30-8-12-13(9-30)18(12)24)32-10-6-11-15(31)4-5-29(2)20(11)25-7-10/h4-7,12-13,18H,3,8-9,24H2,1-2H3,(H,26,27,28). The lowest BCUT2D eigenvalue weighted by molar-refractivity contribution is 0.732. The number of aromatic amines is 1. The molecule has 0 radical (unpaired) electrons. The predicted octanol–water partition coefficient (Wildman–Crippen LogP) is 2.97. The molecule has 32 heavy (non-hydrogen) atoms. The third kappa shape index (κ3) is 3.02. The second kappa shape index (κ2) is 7.19. The zero-order valence-electron chi connectivity index (χ0n) is 17.7. The molecular formula is C22H22ClN7OS. The van der Waals surface area contributed by atoms with Gasteiger partial charge in [0.1, 0.15) is 17.1 Å². The van der Waals surface area contributed by atoms with E-state index in [1.807, 2.05) is 17.7 Å². The number of nitrogens with one attached hydrogen (secondary N) is 1. The molecule has 3 N–H and O–H groups in total. The zero-order valence-corrected chi connectivity index (χ0v) is 19.2. The Morgan fingerprint density at radius 1 is 1.31 bits per heavy atom. The molecule has 4 aromatic rings. The molecule has 0 bridgehead atoms. The van der Waals surface area contributed by atoms with Gasteiger partial charge >= 0.3 is 0 Å². The smallest absolute Gasteiger partial charge is 0.196 e. The Morgan fingerprint density at radius 3 is 2.84 bits per heavy atom. The van der Waals surface area contributed by atoms with Gasteiger partial charge in [0.2, 0.25) is 0 Å². The van der Waals surface area contributed by atoms with Gasteiger partial charge in [0.25, 0.3) is 0 Å². The van der Waals surface area contributed by atoms with E-state index in [-0.39, 0.29) is 5.43 Å². The van der Waals surface area contributed by atoms with Crippen molar-refractivity contribution in [3.05, 3.63) is 45.5 Å². The van der Waals surface area contributed by atoms with Gasteiger partial charge in [-0.05, 0) is 36.1 Å². The van der Waals surface area contributed by atoms with E-state index in [9.17, 15) is 4.79 Å². The van der Waals surface area contributed by atoms with Crippen LogP contribution in [0.4, 0.5) is 5.82 Å². The molecule has 1 saturated heterocycles. The Bertz CT molecular complexity index is 1440. The summed E-state index contributed by atoms with van der Waals surface area (Å²) in [6, 6.07) is 3.71. The predicted molar refractivity (Wildman–Crippen MR) is 127 cm³/mol. The van der Waals surface area contributed by atoms with Crippen molar-refractivity contribution < 1.29 is 0 Å². The number of nitrogens with zero attached hydrogens (tertiary/aromatic N) is 5. The molecule has 1 aliphatic carbocycles. The molecule has 0 spiro atoms. The number of hydrogen-bond donors (Lipinski definition) is 2. The lowest BCUT2D eigenvalue weighted by atomic mass is 10.2. The average Bonchev–Trinajstić information content (AvgIpc) is 3.12. The van der Waals surface area contributed by atoms with Crippen molar-refractivity contribution >= 4 is 51.2 Å². The molecule has 0 amide bonds. The summed E-state index contributed by atoms with van der Waals surface area (Å²) in [5.74, 6) is 1.91. The molecule has 10 heteroatoms. The summed E-state index contributed by atoms with van der Waals surface area (Å²) in [5, 5.41) is 2.72. The van der Waals surface area contributed by atoms with Gasteiger partial charge in [-0.1, -0.05) is 18.5 Å². The number of nitrogens with two attached hydrogens (primary N) is 1. The second-order valence-electron chi connectivity index (χ2n) is 8.57. The maximum Gasteiger partial charge on any atom is 0.196 e. The van der Waals surface area contributed by atoms with Crippen LogP contribution in [0.5, 0.6) is 0 Å². The fourth-order valence-corrected chi connectivity index (χ4v) is 5.85. The van der Waals surface area contributed by atoms with Crippen molar-refractivity contribution in [2.45, 2.75) is 29.4 Å². The Labute approximate surface area is 193 Å². The number of aryl methyl sites for hydroxylation is 2. The van der Waals surface area contributed by atoms with Gasteiger partial charge in [-0.3, -0.25) is 4.79 Å². The normalized spacial score (nSPS) is 22.1. The number of piperidine rings is 1. The number of pyridine rings is 2. The first-order valence-corrected chi connectivity index (χ1v) is 11.9. The molecular weight excluding hydrogens is 446 g/mol. The van der Waals surface area contributed by atoms with Crippen molar-refractivity contribution in [2.24, 2.45) is 24.6 Å². The van der Waals surface area contributed by atoms with E-state index in [0.29, 0.717) is 39.1 Å². The number of anilines is 1. The van der Waals surface area contributed by atoms with Crippen LogP contribution in [0.15, 0.2) is 39.4 Å². The van der Waals surface area contributed by atoms with Crippen LogP contribution in [0.1, 0.15) is 12.6 Å². The van der Waals surface area contributed by atoms with E-state index >= 15 is 0 Å². The highest BCUT2D eigenvalue weighted by atomic mass is 35.5. The highest BCUT2D eigenvalue weighted by Gasteiger charge is 2.54. The molecule has 1 aliphatic heterocycles. The molecule has 5 heterocycles. The topological polar surface area (TPSA) is 106 Å². The minimum absolute atomic E-state index is 0.0542. The lowest BCUT2D eigenvalue weighted by Gasteiger charge is -2.21. The molecule has 164 valence electrons. The molecule has 2 fully saturated rings. The van der Waals surface area contributed by atoms with Gasteiger partial charge in [-0.25, -0.2) is 15.0 Å².